The number of carbonyl (C=O) groups excluding carboxylic acids is 1. The third-order valence-electron chi connectivity index (χ3n) is 3.61. The van der Waals surface area contributed by atoms with E-state index < -0.39 is 15.7 Å². The first-order valence-corrected chi connectivity index (χ1v) is 10.5. The maximum absolute atomic E-state index is 12.9. The maximum atomic E-state index is 12.9. The van der Waals surface area contributed by atoms with E-state index in [1.165, 1.54) is 23.5 Å². The van der Waals surface area contributed by atoms with E-state index in [2.05, 4.69) is 10.3 Å². The van der Waals surface area contributed by atoms with Crippen molar-refractivity contribution < 1.29 is 17.6 Å². The molecular formula is C17H14ClFN2O3S2. The number of nitrogens with zero attached hydrogens (tertiary/aromatic N) is 1. The monoisotopic (exact) mass is 412 g/mol. The number of nitrogens with one attached hydrogen (secondary N) is 1. The third-order valence-corrected chi connectivity index (χ3v) is 6.66. The van der Waals surface area contributed by atoms with Gasteiger partial charge in [-0.3, -0.25) is 4.79 Å². The second kappa shape index (κ2) is 7.69. The fourth-order valence-electron chi connectivity index (χ4n) is 2.33. The molecule has 5 nitrogen and oxygen atoms in total. The predicted octanol–water partition coefficient (Wildman–Crippen LogP) is 4.28. The molecule has 2 aromatic carbocycles. The highest BCUT2D eigenvalue weighted by Crippen LogP contribution is 2.30. The fourth-order valence-corrected chi connectivity index (χ4v) is 4.83. The summed E-state index contributed by atoms with van der Waals surface area (Å²) in [4.78, 5) is 16.3. The van der Waals surface area contributed by atoms with Gasteiger partial charge < -0.3 is 5.32 Å². The molecular weight excluding hydrogens is 399 g/mol. The Morgan fingerprint density at radius 3 is 2.62 bits per heavy atom. The van der Waals surface area contributed by atoms with Gasteiger partial charge in [0.15, 0.2) is 15.0 Å². The van der Waals surface area contributed by atoms with Crippen LogP contribution >= 0.6 is 22.9 Å². The molecule has 0 fully saturated rings. The number of sulfone groups is 1. The van der Waals surface area contributed by atoms with Crippen LogP contribution in [-0.2, 0) is 14.6 Å². The first-order valence-electron chi connectivity index (χ1n) is 7.68. The van der Waals surface area contributed by atoms with E-state index in [1.807, 2.05) is 6.07 Å². The minimum Gasteiger partial charge on any atom is -0.302 e. The second-order valence-electron chi connectivity index (χ2n) is 5.53. The Hall–Kier alpha value is -2.03. The smallest absolute Gasteiger partial charge is 0.226 e. The van der Waals surface area contributed by atoms with Crippen molar-refractivity contribution in [2.75, 3.05) is 11.1 Å². The summed E-state index contributed by atoms with van der Waals surface area (Å²) in [6, 6.07) is 10.00. The molecule has 0 saturated heterocycles. The number of hydrogen-bond donors (Lipinski definition) is 1. The van der Waals surface area contributed by atoms with Gasteiger partial charge in [-0.2, -0.15) is 0 Å². The van der Waals surface area contributed by atoms with Crippen molar-refractivity contribution in [2.45, 2.75) is 17.7 Å². The third kappa shape index (κ3) is 4.38. The summed E-state index contributed by atoms with van der Waals surface area (Å²) in [7, 11) is -3.55. The van der Waals surface area contributed by atoms with Crippen LogP contribution in [0.1, 0.15) is 12.8 Å². The molecule has 3 rings (SSSR count). The molecule has 0 saturated carbocycles. The average molecular weight is 413 g/mol. The Kier molecular flexibility index (Phi) is 5.55. The zero-order chi connectivity index (χ0) is 18.7. The topological polar surface area (TPSA) is 76.1 Å². The molecule has 0 aliphatic heterocycles. The highest BCUT2D eigenvalue weighted by Gasteiger charge is 2.16. The molecule has 0 atom stereocenters. The zero-order valence-corrected chi connectivity index (χ0v) is 15.8. The van der Waals surface area contributed by atoms with Crippen LogP contribution in [0.25, 0.3) is 10.2 Å². The molecule has 1 aromatic heterocycles. The lowest BCUT2D eigenvalue weighted by Crippen LogP contribution is -2.14. The number of amides is 1. The normalized spacial score (nSPS) is 11.6. The van der Waals surface area contributed by atoms with Crippen LogP contribution in [0, 0.1) is 5.82 Å². The van der Waals surface area contributed by atoms with Gasteiger partial charge in [0.1, 0.15) is 11.3 Å². The quantitative estimate of drug-likeness (QED) is 0.613. The van der Waals surface area contributed by atoms with Crippen molar-refractivity contribution in [3.63, 3.8) is 0 Å². The van der Waals surface area contributed by atoms with Gasteiger partial charge in [0.2, 0.25) is 5.91 Å². The van der Waals surface area contributed by atoms with Crippen molar-refractivity contribution in [1.82, 2.24) is 4.98 Å². The van der Waals surface area contributed by atoms with Gasteiger partial charge in [-0.25, -0.2) is 17.8 Å². The zero-order valence-electron chi connectivity index (χ0n) is 13.4. The summed E-state index contributed by atoms with van der Waals surface area (Å²) in [5.41, 5.74) is 0.619. The number of para-hydroxylation sites is 1. The van der Waals surface area contributed by atoms with Crippen LogP contribution in [0.15, 0.2) is 47.4 Å². The SMILES string of the molecule is O=C(CCCS(=O)(=O)c1ccc(F)cc1)Nc1nc2c(Cl)cccc2s1. The van der Waals surface area contributed by atoms with Crippen LogP contribution < -0.4 is 5.32 Å². The molecule has 0 unspecified atom stereocenters. The molecule has 0 bridgehead atoms. The predicted molar refractivity (Wildman–Crippen MR) is 101 cm³/mol. The number of benzene rings is 2. The molecule has 26 heavy (non-hydrogen) atoms. The van der Waals surface area contributed by atoms with E-state index in [1.54, 1.807) is 12.1 Å². The van der Waals surface area contributed by atoms with Crippen LogP contribution in [0.5, 0.6) is 0 Å². The van der Waals surface area contributed by atoms with E-state index >= 15 is 0 Å². The van der Waals surface area contributed by atoms with Crippen molar-refractivity contribution in [3.05, 3.63) is 53.3 Å². The number of aromatic nitrogens is 1. The maximum Gasteiger partial charge on any atom is 0.226 e. The lowest BCUT2D eigenvalue weighted by atomic mass is 10.3. The molecule has 0 spiro atoms. The molecule has 0 radical (unpaired) electrons. The van der Waals surface area contributed by atoms with E-state index in [0.29, 0.717) is 15.7 Å². The minimum atomic E-state index is -3.55. The average Bonchev–Trinajstić information content (AvgIpc) is 2.99. The Balaban J connectivity index is 1.56. The van der Waals surface area contributed by atoms with E-state index in [9.17, 15) is 17.6 Å². The van der Waals surface area contributed by atoms with Crippen LogP contribution in [0.3, 0.4) is 0 Å². The van der Waals surface area contributed by atoms with Gasteiger partial charge in [0.25, 0.3) is 0 Å². The standard InChI is InChI=1S/C17H14ClFN2O3S2/c18-13-3-1-4-14-16(13)21-17(25-14)20-15(22)5-2-10-26(23,24)12-8-6-11(19)7-9-12/h1,3-4,6-9H,2,5,10H2,(H,20,21,22). The first kappa shape index (κ1) is 18.8. The molecule has 1 heterocycles. The molecule has 136 valence electrons. The van der Waals surface area contributed by atoms with Crippen LogP contribution in [0.4, 0.5) is 9.52 Å². The van der Waals surface area contributed by atoms with Crippen molar-refractivity contribution in [2.24, 2.45) is 0 Å². The Morgan fingerprint density at radius 1 is 1.19 bits per heavy atom. The molecule has 0 aliphatic rings. The Bertz CT molecular complexity index is 1050. The lowest BCUT2D eigenvalue weighted by molar-refractivity contribution is -0.116. The van der Waals surface area contributed by atoms with Crippen molar-refractivity contribution in [3.8, 4) is 0 Å². The van der Waals surface area contributed by atoms with Gasteiger partial charge >= 0.3 is 0 Å². The van der Waals surface area contributed by atoms with Crippen molar-refractivity contribution >= 4 is 54.0 Å². The Labute approximate surface area is 158 Å². The molecule has 1 amide bonds. The van der Waals surface area contributed by atoms with Gasteiger partial charge in [0, 0.05) is 6.42 Å². The number of thiazole rings is 1. The number of fused-ring (bicyclic) bond motifs is 1. The first-order chi connectivity index (χ1) is 12.3. The highest BCUT2D eigenvalue weighted by molar-refractivity contribution is 7.91. The van der Waals surface area contributed by atoms with Gasteiger partial charge in [-0.1, -0.05) is 29.0 Å². The fraction of sp³-hybridized carbons (Fsp3) is 0.176. The molecule has 9 heteroatoms. The second-order valence-corrected chi connectivity index (χ2v) is 9.08. The van der Waals surface area contributed by atoms with E-state index in [-0.39, 0.29) is 29.4 Å². The van der Waals surface area contributed by atoms with E-state index in [0.717, 1.165) is 16.8 Å². The van der Waals surface area contributed by atoms with Crippen molar-refractivity contribution in [1.29, 1.82) is 0 Å². The highest BCUT2D eigenvalue weighted by atomic mass is 35.5. The largest absolute Gasteiger partial charge is 0.302 e. The number of rotatable bonds is 6. The van der Waals surface area contributed by atoms with Crippen LogP contribution in [0.2, 0.25) is 5.02 Å². The lowest BCUT2D eigenvalue weighted by Gasteiger charge is -2.04. The summed E-state index contributed by atoms with van der Waals surface area (Å²) in [5, 5.41) is 3.58. The minimum absolute atomic E-state index is 0.0318. The van der Waals surface area contributed by atoms with E-state index in [4.69, 9.17) is 11.6 Å². The summed E-state index contributed by atoms with van der Waals surface area (Å²) in [6.07, 6.45) is 0.182. The summed E-state index contributed by atoms with van der Waals surface area (Å²) in [5.74, 6) is -1.02. The van der Waals surface area contributed by atoms with Gasteiger partial charge in [0.05, 0.1) is 20.4 Å². The molecule has 1 N–H and O–H groups in total. The molecule has 3 aromatic rings. The number of carbonyl (C=O) groups is 1. The van der Waals surface area contributed by atoms with Crippen LogP contribution in [-0.4, -0.2) is 25.1 Å². The summed E-state index contributed by atoms with van der Waals surface area (Å²) >= 11 is 7.35. The number of halogens is 2. The van der Waals surface area contributed by atoms with Gasteiger partial charge in [-0.15, -0.1) is 0 Å². The summed E-state index contributed by atoms with van der Waals surface area (Å²) < 4.78 is 38.1. The summed E-state index contributed by atoms with van der Waals surface area (Å²) in [6.45, 7) is 0. The molecule has 0 aliphatic carbocycles. The number of hydrogen-bond acceptors (Lipinski definition) is 5. The number of anilines is 1. The Morgan fingerprint density at radius 2 is 1.92 bits per heavy atom. The van der Waals surface area contributed by atoms with Gasteiger partial charge in [-0.05, 0) is 42.8 Å².